The van der Waals surface area contributed by atoms with Crippen LogP contribution in [-0.2, 0) is 16.1 Å². The number of esters is 1. The van der Waals surface area contributed by atoms with Gasteiger partial charge in [-0.3, -0.25) is 4.79 Å². The Balaban J connectivity index is 2.21. The number of benzene rings is 1. The zero-order valence-corrected chi connectivity index (χ0v) is 13.3. The fourth-order valence-corrected chi connectivity index (χ4v) is 2.31. The second-order valence-electron chi connectivity index (χ2n) is 4.64. The summed E-state index contributed by atoms with van der Waals surface area (Å²) in [5, 5.41) is 13.2. The monoisotopic (exact) mass is 343 g/mol. The van der Waals surface area contributed by atoms with Gasteiger partial charge in [-0.15, -0.1) is 0 Å². The number of rotatable bonds is 6. The first kappa shape index (κ1) is 16.7. The number of ether oxygens (including phenoxy) is 1. The van der Waals surface area contributed by atoms with E-state index in [0.717, 1.165) is 0 Å². The molecule has 0 aliphatic heterocycles. The summed E-state index contributed by atoms with van der Waals surface area (Å²) in [6, 6.07) is 6.27. The van der Waals surface area contributed by atoms with Gasteiger partial charge >= 0.3 is 5.97 Å². The van der Waals surface area contributed by atoms with Crippen LogP contribution >= 0.6 is 23.2 Å². The topological polar surface area (TPSA) is 71.7 Å². The van der Waals surface area contributed by atoms with E-state index < -0.39 is 12.0 Å². The van der Waals surface area contributed by atoms with Gasteiger partial charge in [0.25, 0.3) is 0 Å². The first-order chi connectivity index (χ1) is 10.5. The Labute approximate surface area is 137 Å². The van der Waals surface area contributed by atoms with Gasteiger partial charge < -0.3 is 19.6 Å². The van der Waals surface area contributed by atoms with E-state index in [0.29, 0.717) is 27.1 Å². The van der Waals surface area contributed by atoms with Crippen molar-refractivity contribution in [1.29, 1.82) is 0 Å². The Kier molecular flexibility index (Phi) is 5.71. The SMILES string of the molecule is CC(=O)OCC(Nc1ccc(Cl)cc1Cl)c1cc(CO)co1. The second kappa shape index (κ2) is 7.54. The molecular formula is C15H15Cl2NO4. The molecule has 0 spiro atoms. The molecule has 1 aromatic carbocycles. The molecule has 1 aromatic heterocycles. The lowest BCUT2D eigenvalue weighted by Gasteiger charge is -2.18. The third-order valence-electron chi connectivity index (χ3n) is 2.91. The third kappa shape index (κ3) is 4.40. The molecule has 0 amide bonds. The van der Waals surface area contributed by atoms with Crippen LogP contribution in [0.25, 0.3) is 0 Å². The zero-order valence-electron chi connectivity index (χ0n) is 11.8. The van der Waals surface area contributed by atoms with E-state index in [-0.39, 0.29) is 13.2 Å². The summed E-state index contributed by atoms with van der Waals surface area (Å²) in [6.45, 7) is 1.26. The lowest BCUT2D eigenvalue weighted by Crippen LogP contribution is -2.18. The van der Waals surface area contributed by atoms with Crippen molar-refractivity contribution in [3.63, 3.8) is 0 Å². The van der Waals surface area contributed by atoms with Crippen LogP contribution in [0.1, 0.15) is 24.3 Å². The fraction of sp³-hybridized carbons (Fsp3) is 0.267. The molecule has 0 fully saturated rings. The van der Waals surface area contributed by atoms with Crippen LogP contribution in [-0.4, -0.2) is 17.7 Å². The van der Waals surface area contributed by atoms with Crippen LogP contribution in [0.4, 0.5) is 5.69 Å². The molecule has 7 heteroatoms. The van der Waals surface area contributed by atoms with Crippen molar-refractivity contribution >= 4 is 34.9 Å². The number of anilines is 1. The average molecular weight is 344 g/mol. The minimum Gasteiger partial charge on any atom is -0.467 e. The van der Waals surface area contributed by atoms with E-state index in [2.05, 4.69) is 5.32 Å². The largest absolute Gasteiger partial charge is 0.467 e. The highest BCUT2D eigenvalue weighted by molar-refractivity contribution is 6.36. The Morgan fingerprint density at radius 1 is 1.41 bits per heavy atom. The summed E-state index contributed by atoms with van der Waals surface area (Å²) >= 11 is 12.0. The molecule has 5 nitrogen and oxygen atoms in total. The lowest BCUT2D eigenvalue weighted by atomic mass is 10.2. The van der Waals surface area contributed by atoms with Crippen LogP contribution < -0.4 is 5.32 Å². The molecule has 2 N–H and O–H groups in total. The Bertz CT molecular complexity index is 657. The molecule has 2 rings (SSSR count). The first-order valence-corrected chi connectivity index (χ1v) is 7.28. The summed E-state index contributed by atoms with van der Waals surface area (Å²) in [5.41, 5.74) is 1.26. The molecule has 0 aliphatic carbocycles. The molecule has 0 radical (unpaired) electrons. The number of halogens is 2. The predicted octanol–water partition coefficient (Wildman–Crippen LogP) is 3.80. The third-order valence-corrected chi connectivity index (χ3v) is 3.46. The van der Waals surface area contributed by atoms with Crippen molar-refractivity contribution in [2.75, 3.05) is 11.9 Å². The van der Waals surface area contributed by atoms with Crippen molar-refractivity contribution in [3.8, 4) is 0 Å². The molecule has 0 saturated heterocycles. The minimum absolute atomic E-state index is 0.0622. The second-order valence-corrected chi connectivity index (χ2v) is 5.48. The summed E-state index contributed by atoms with van der Waals surface area (Å²) in [7, 11) is 0. The Morgan fingerprint density at radius 2 is 2.18 bits per heavy atom. The number of aliphatic hydroxyl groups is 1. The normalized spacial score (nSPS) is 12.0. The Morgan fingerprint density at radius 3 is 2.77 bits per heavy atom. The number of carbonyl (C=O) groups excluding carboxylic acids is 1. The standard InChI is InChI=1S/C15H15Cl2NO4/c1-9(20)21-8-14(15-4-10(6-19)7-22-15)18-13-3-2-11(16)5-12(13)17/h2-5,7,14,18-19H,6,8H2,1H3. The van der Waals surface area contributed by atoms with Gasteiger partial charge in [-0.2, -0.15) is 0 Å². The highest BCUT2D eigenvalue weighted by Gasteiger charge is 2.18. The number of aliphatic hydroxyl groups excluding tert-OH is 1. The fourth-order valence-electron chi connectivity index (χ4n) is 1.85. The highest BCUT2D eigenvalue weighted by atomic mass is 35.5. The van der Waals surface area contributed by atoms with E-state index in [9.17, 15) is 4.79 Å². The van der Waals surface area contributed by atoms with Gasteiger partial charge in [0.2, 0.25) is 0 Å². The minimum atomic E-state index is -0.442. The molecule has 1 unspecified atom stereocenters. The molecular weight excluding hydrogens is 329 g/mol. The predicted molar refractivity (Wildman–Crippen MR) is 84.1 cm³/mol. The molecule has 2 aromatic rings. The molecule has 0 bridgehead atoms. The highest BCUT2D eigenvalue weighted by Crippen LogP contribution is 2.29. The van der Waals surface area contributed by atoms with Crippen molar-refractivity contribution in [1.82, 2.24) is 0 Å². The molecule has 118 valence electrons. The number of carbonyl (C=O) groups is 1. The van der Waals surface area contributed by atoms with E-state index in [1.807, 2.05) is 0 Å². The van der Waals surface area contributed by atoms with E-state index in [4.69, 9.17) is 37.5 Å². The number of hydrogen-bond acceptors (Lipinski definition) is 5. The van der Waals surface area contributed by atoms with Crippen molar-refractivity contribution in [2.24, 2.45) is 0 Å². The van der Waals surface area contributed by atoms with Crippen LogP contribution in [0.5, 0.6) is 0 Å². The van der Waals surface area contributed by atoms with E-state index in [1.54, 1.807) is 24.3 Å². The number of furan rings is 1. The van der Waals surface area contributed by atoms with E-state index in [1.165, 1.54) is 13.2 Å². The molecule has 1 heterocycles. The number of nitrogens with one attached hydrogen (secondary N) is 1. The van der Waals surface area contributed by atoms with Gasteiger partial charge in [-0.05, 0) is 24.3 Å². The van der Waals surface area contributed by atoms with Crippen molar-refractivity contribution in [2.45, 2.75) is 19.6 Å². The summed E-state index contributed by atoms with van der Waals surface area (Å²) in [5.74, 6) is 0.124. The maximum absolute atomic E-state index is 11.0. The van der Waals surface area contributed by atoms with Crippen LogP contribution in [0.3, 0.4) is 0 Å². The van der Waals surface area contributed by atoms with Gasteiger partial charge in [-0.25, -0.2) is 0 Å². The smallest absolute Gasteiger partial charge is 0.302 e. The van der Waals surface area contributed by atoms with Crippen LogP contribution in [0.15, 0.2) is 34.9 Å². The average Bonchev–Trinajstić information content (AvgIpc) is 2.94. The summed E-state index contributed by atoms with van der Waals surface area (Å²) < 4.78 is 10.4. The van der Waals surface area contributed by atoms with Crippen LogP contribution in [0, 0.1) is 0 Å². The van der Waals surface area contributed by atoms with Crippen molar-refractivity contribution < 1.29 is 19.1 Å². The van der Waals surface area contributed by atoms with E-state index >= 15 is 0 Å². The summed E-state index contributed by atoms with van der Waals surface area (Å²) in [4.78, 5) is 11.0. The molecule has 1 atom stereocenters. The molecule has 22 heavy (non-hydrogen) atoms. The van der Waals surface area contributed by atoms with Gasteiger partial charge in [0.1, 0.15) is 18.4 Å². The Hall–Kier alpha value is -1.69. The summed E-state index contributed by atoms with van der Waals surface area (Å²) in [6.07, 6.45) is 1.45. The van der Waals surface area contributed by atoms with Gasteiger partial charge in [0, 0.05) is 17.5 Å². The van der Waals surface area contributed by atoms with Gasteiger partial charge in [-0.1, -0.05) is 23.2 Å². The van der Waals surface area contributed by atoms with Gasteiger partial charge in [0.05, 0.1) is 23.6 Å². The zero-order chi connectivity index (χ0) is 16.1. The first-order valence-electron chi connectivity index (χ1n) is 6.52. The molecule has 0 saturated carbocycles. The molecule has 0 aliphatic rings. The van der Waals surface area contributed by atoms with Crippen LogP contribution in [0.2, 0.25) is 10.0 Å². The number of hydrogen-bond donors (Lipinski definition) is 2. The lowest BCUT2D eigenvalue weighted by molar-refractivity contribution is -0.141. The van der Waals surface area contributed by atoms with Gasteiger partial charge in [0.15, 0.2) is 0 Å². The maximum atomic E-state index is 11.0. The maximum Gasteiger partial charge on any atom is 0.302 e. The van der Waals surface area contributed by atoms with Crippen molar-refractivity contribution in [3.05, 3.63) is 51.9 Å². The quantitative estimate of drug-likeness (QED) is 0.780.